The number of nitrogens with zero attached hydrogens (tertiary/aromatic N) is 2. The van der Waals surface area contributed by atoms with Gasteiger partial charge in [0.1, 0.15) is 0 Å². The molecule has 0 bridgehead atoms. The maximum absolute atomic E-state index is 12.4. The molecular weight excluding hydrogens is 328 g/mol. The van der Waals surface area contributed by atoms with Crippen molar-refractivity contribution in [2.24, 2.45) is 5.41 Å². The SMILES string of the molecule is CC(=O)Nc1ccc(Cl)c(C(=O)NCC2(Cn3cccn3)CC2)c1. The molecule has 2 aromatic rings. The average molecular weight is 347 g/mol. The molecule has 2 amide bonds. The van der Waals surface area contributed by atoms with E-state index in [0.29, 0.717) is 22.8 Å². The second-order valence-corrected chi connectivity index (χ2v) is 6.67. The summed E-state index contributed by atoms with van der Waals surface area (Å²) >= 11 is 6.12. The van der Waals surface area contributed by atoms with Gasteiger partial charge in [-0.25, -0.2) is 0 Å². The summed E-state index contributed by atoms with van der Waals surface area (Å²) in [6.45, 7) is 2.78. The van der Waals surface area contributed by atoms with Gasteiger partial charge in [-0.1, -0.05) is 11.6 Å². The van der Waals surface area contributed by atoms with Crippen molar-refractivity contribution in [3.63, 3.8) is 0 Å². The zero-order valence-electron chi connectivity index (χ0n) is 13.4. The largest absolute Gasteiger partial charge is 0.351 e. The summed E-state index contributed by atoms with van der Waals surface area (Å²) in [5, 5.41) is 10.2. The van der Waals surface area contributed by atoms with E-state index in [1.165, 1.54) is 6.92 Å². The van der Waals surface area contributed by atoms with Crippen LogP contribution in [0.25, 0.3) is 0 Å². The number of nitrogens with one attached hydrogen (secondary N) is 2. The maximum atomic E-state index is 12.4. The fraction of sp³-hybridized carbons (Fsp3) is 0.353. The van der Waals surface area contributed by atoms with Crippen LogP contribution in [0.15, 0.2) is 36.7 Å². The third-order valence-electron chi connectivity index (χ3n) is 4.17. The van der Waals surface area contributed by atoms with Gasteiger partial charge in [0.25, 0.3) is 5.91 Å². The summed E-state index contributed by atoms with van der Waals surface area (Å²) in [7, 11) is 0. The number of rotatable bonds is 6. The summed E-state index contributed by atoms with van der Waals surface area (Å²) in [5.41, 5.74) is 0.983. The van der Waals surface area contributed by atoms with Crippen molar-refractivity contribution in [1.82, 2.24) is 15.1 Å². The Bertz CT molecular complexity index is 754. The minimum Gasteiger partial charge on any atom is -0.351 e. The molecular formula is C17H19ClN4O2. The van der Waals surface area contributed by atoms with Crippen molar-refractivity contribution in [3.8, 4) is 0 Å². The van der Waals surface area contributed by atoms with Crippen LogP contribution < -0.4 is 10.6 Å². The number of halogens is 1. The van der Waals surface area contributed by atoms with Crippen LogP contribution in [0.4, 0.5) is 5.69 Å². The van der Waals surface area contributed by atoms with Crippen LogP contribution >= 0.6 is 11.6 Å². The van der Waals surface area contributed by atoms with E-state index in [1.54, 1.807) is 24.4 Å². The molecule has 1 heterocycles. The second kappa shape index (κ2) is 6.65. The third kappa shape index (κ3) is 3.94. The molecule has 126 valence electrons. The minimum atomic E-state index is -0.237. The molecule has 24 heavy (non-hydrogen) atoms. The lowest BCUT2D eigenvalue weighted by atomic mass is 10.1. The average Bonchev–Trinajstić information content (AvgIpc) is 3.10. The van der Waals surface area contributed by atoms with E-state index < -0.39 is 0 Å². The lowest BCUT2D eigenvalue weighted by Crippen LogP contribution is -2.32. The van der Waals surface area contributed by atoms with Crippen molar-refractivity contribution in [2.75, 3.05) is 11.9 Å². The van der Waals surface area contributed by atoms with Gasteiger partial charge in [-0.2, -0.15) is 5.10 Å². The fourth-order valence-corrected chi connectivity index (χ4v) is 2.85. The Balaban J connectivity index is 1.63. The Hall–Kier alpha value is -2.34. The molecule has 0 spiro atoms. The highest BCUT2D eigenvalue weighted by molar-refractivity contribution is 6.34. The first-order chi connectivity index (χ1) is 11.5. The Morgan fingerprint density at radius 1 is 1.38 bits per heavy atom. The summed E-state index contributed by atoms with van der Waals surface area (Å²) in [6, 6.07) is 6.76. The zero-order valence-corrected chi connectivity index (χ0v) is 14.1. The quantitative estimate of drug-likeness (QED) is 0.844. The molecule has 2 N–H and O–H groups in total. The summed E-state index contributed by atoms with van der Waals surface area (Å²) in [5.74, 6) is -0.432. The number of amides is 2. The smallest absolute Gasteiger partial charge is 0.252 e. The topological polar surface area (TPSA) is 76.0 Å². The van der Waals surface area contributed by atoms with E-state index in [-0.39, 0.29) is 17.2 Å². The van der Waals surface area contributed by atoms with E-state index in [0.717, 1.165) is 19.4 Å². The van der Waals surface area contributed by atoms with Crippen molar-refractivity contribution < 1.29 is 9.59 Å². The zero-order chi connectivity index (χ0) is 17.2. The molecule has 3 rings (SSSR count). The first-order valence-electron chi connectivity index (χ1n) is 7.80. The van der Waals surface area contributed by atoms with Crippen LogP contribution in [0.1, 0.15) is 30.1 Å². The Morgan fingerprint density at radius 2 is 2.17 bits per heavy atom. The van der Waals surface area contributed by atoms with Gasteiger partial charge < -0.3 is 10.6 Å². The third-order valence-corrected chi connectivity index (χ3v) is 4.50. The van der Waals surface area contributed by atoms with Crippen LogP contribution in [0.5, 0.6) is 0 Å². The van der Waals surface area contributed by atoms with Gasteiger partial charge in [0.2, 0.25) is 5.91 Å². The van der Waals surface area contributed by atoms with Gasteiger partial charge in [-0.3, -0.25) is 14.3 Å². The highest BCUT2D eigenvalue weighted by Gasteiger charge is 2.43. The van der Waals surface area contributed by atoms with E-state index >= 15 is 0 Å². The van der Waals surface area contributed by atoms with Gasteiger partial charge in [0, 0.05) is 43.5 Å². The van der Waals surface area contributed by atoms with E-state index in [1.807, 2.05) is 16.9 Å². The molecule has 1 aromatic heterocycles. The number of carbonyl (C=O) groups is 2. The Morgan fingerprint density at radius 3 is 2.79 bits per heavy atom. The lowest BCUT2D eigenvalue weighted by Gasteiger charge is -2.16. The summed E-state index contributed by atoms with van der Waals surface area (Å²) in [4.78, 5) is 23.6. The number of aromatic nitrogens is 2. The maximum Gasteiger partial charge on any atom is 0.252 e. The van der Waals surface area contributed by atoms with Crippen molar-refractivity contribution in [2.45, 2.75) is 26.3 Å². The molecule has 1 saturated carbocycles. The monoisotopic (exact) mass is 346 g/mol. The van der Waals surface area contributed by atoms with Crippen LogP contribution in [0.3, 0.4) is 0 Å². The molecule has 1 aliphatic rings. The van der Waals surface area contributed by atoms with Crippen LogP contribution in [-0.4, -0.2) is 28.1 Å². The van der Waals surface area contributed by atoms with Gasteiger partial charge in [-0.05, 0) is 37.1 Å². The van der Waals surface area contributed by atoms with Gasteiger partial charge in [-0.15, -0.1) is 0 Å². The molecule has 7 heteroatoms. The Kier molecular flexibility index (Phi) is 4.57. The molecule has 0 atom stereocenters. The van der Waals surface area contributed by atoms with E-state index in [4.69, 9.17) is 11.6 Å². The van der Waals surface area contributed by atoms with Crippen molar-refractivity contribution in [1.29, 1.82) is 0 Å². The molecule has 0 radical (unpaired) electrons. The predicted octanol–water partition coefficient (Wildman–Crippen LogP) is 2.71. The molecule has 1 aliphatic carbocycles. The van der Waals surface area contributed by atoms with Crippen LogP contribution in [-0.2, 0) is 11.3 Å². The highest BCUT2D eigenvalue weighted by atomic mass is 35.5. The Labute approximate surface area is 145 Å². The molecule has 0 unspecified atom stereocenters. The van der Waals surface area contributed by atoms with Crippen LogP contribution in [0.2, 0.25) is 5.02 Å². The van der Waals surface area contributed by atoms with E-state index in [9.17, 15) is 9.59 Å². The van der Waals surface area contributed by atoms with Gasteiger partial charge >= 0.3 is 0 Å². The van der Waals surface area contributed by atoms with Gasteiger partial charge in [0.15, 0.2) is 0 Å². The molecule has 1 fully saturated rings. The lowest BCUT2D eigenvalue weighted by molar-refractivity contribution is -0.114. The van der Waals surface area contributed by atoms with Crippen LogP contribution in [0, 0.1) is 5.41 Å². The van der Waals surface area contributed by atoms with Crippen molar-refractivity contribution in [3.05, 3.63) is 47.2 Å². The summed E-state index contributed by atoms with van der Waals surface area (Å²) < 4.78 is 1.89. The number of hydrogen-bond donors (Lipinski definition) is 2. The minimum absolute atomic E-state index is 0.0728. The normalized spacial score (nSPS) is 14.9. The van der Waals surface area contributed by atoms with E-state index in [2.05, 4.69) is 15.7 Å². The second-order valence-electron chi connectivity index (χ2n) is 6.26. The standard InChI is InChI=1S/C17H19ClN4O2/c1-12(23)21-13-3-4-15(18)14(9-13)16(24)19-10-17(5-6-17)11-22-8-2-7-20-22/h2-4,7-9H,5-6,10-11H2,1H3,(H,19,24)(H,21,23). The first-order valence-corrected chi connectivity index (χ1v) is 8.18. The predicted molar refractivity (Wildman–Crippen MR) is 92.0 cm³/mol. The fourth-order valence-electron chi connectivity index (χ4n) is 2.65. The molecule has 0 aliphatic heterocycles. The molecule has 6 nitrogen and oxygen atoms in total. The number of hydrogen-bond acceptors (Lipinski definition) is 3. The first kappa shape index (κ1) is 16.5. The van der Waals surface area contributed by atoms with Gasteiger partial charge in [0.05, 0.1) is 10.6 Å². The number of benzene rings is 1. The molecule has 1 aromatic carbocycles. The summed E-state index contributed by atoms with van der Waals surface area (Å²) in [6.07, 6.45) is 5.80. The number of carbonyl (C=O) groups excluding carboxylic acids is 2. The van der Waals surface area contributed by atoms with Crippen molar-refractivity contribution >= 4 is 29.1 Å². The number of anilines is 1. The molecule has 0 saturated heterocycles. The highest BCUT2D eigenvalue weighted by Crippen LogP contribution is 2.46.